The third-order valence-corrected chi connectivity index (χ3v) is 6.36. The van der Waals surface area contributed by atoms with Crippen LogP contribution in [0, 0.1) is 7.43 Å². The van der Waals surface area contributed by atoms with Crippen molar-refractivity contribution in [2.24, 2.45) is 0 Å². The van der Waals surface area contributed by atoms with Crippen LogP contribution in [0.1, 0.15) is 49.9 Å². The Balaban J connectivity index is 0. The molecule has 0 fully saturated rings. The molecule has 4 aromatic carbocycles. The molecule has 0 heterocycles. The molecule has 0 radical (unpaired) electrons. The quantitative estimate of drug-likeness (QED) is 0.154. The Morgan fingerprint density at radius 1 is 0.415 bits per heavy atom. The van der Waals surface area contributed by atoms with Gasteiger partial charge in [0, 0.05) is 10.8 Å². The monoisotopic (exact) mass is 1550 g/mol. The summed E-state index contributed by atoms with van der Waals surface area (Å²) >= 11 is -3.28. The predicted molar refractivity (Wildman–Crippen MR) is 231 cm³/mol. The van der Waals surface area contributed by atoms with Crippen molar-refractivity contribution in [3.8, 4) is 23.0 Å². The number of hydrogen-bond donors (Lipinski definition) is 4. The van der Waals surface area contributed by atoms with Gasteiger partial charge in [0.2, 0.25) is 0 Å². The zero-order valence-corrected chi connectivity index (χ0v) is 48.1. The standard InChI is InChI=1S/2C15H16O2.CH3.15ClH.3W/c2*1-15(2,11-3-7-13(16)8-4-11)12-5-9-14(17)10-6-12;;;;;;;;;;;;;;;;;;;/h2*3-10,16-17H,1-2H3;1H3;15*1H;;;/q;;-1;;;;;;;;;;;;;;;;+4;+5;+6/p-15. The third-order valence-electron chi connectivity index (χ3n) is 6.36. The van der Waals surface area contributed by atoms with Crippen molar-refractivity contribution >= 4 is 141 Å². The van der Waals surface area contributed by atoms with E-state index >= 15 is 0 Å². The average molecular weight is 1550 g/mol. The molecule has 0 aliphatic rings. The molecule has 0 spiro atoms. The number of rotatable bonds is 4. The van der Waals surface area contributed by atoms with E-state index in [0.717, 1.165) is 22.3 Å². The number of phenols is 4. The molecule has 0 amide bonds. The zero-order chi connectivity index (χ0) is 41.3. The van der Waals surface area contributed by atoms with Gasteiger partial charge in [-0.15, -0.1) is 0 Å². The van der Waals surface area contributed by atoms with Gasteiger partial charge >= 0.3 is 170 Å². The van der Waals surface area contributed by atoms with Crippen LogP contribution in [0.25, 0.3) is 0 Å². The normalized spacial score (nSPS) is 14.0. The molecule has 0 aromatic heterocycles. The molecule has 53 heavy (non-hydrogen) atoms. The van der Waals surface area contributed by atoms with E-state index in [0.29, 0.717) is 0 Å². The van der Waals surface area contributed by atoms with Crippen LogP contribution < -0.4 is 0 Å². The van der Waals surface area contributed by atoms with Gasteiger partial charge in [0.15, 0.2) is 0 Å². The van der Waals surface area contributed by atoms with Crippen molar-refractivity contribution < 1.29 is 49.2 Å². The number of aromatic hydroxyl groups is 4. The molecule has 0 saturated heterocycles. The molecule has 0 bridgehead atoms. The summed E-state index contributed by atoms with van der Waals surface area (Å²) in [6, 6.07) is 28.9. The first-order valence-electron chi connectivity index (χ1n) is 13.5. The first-order chi connectivity index (χ1) is 22.7. The summed E-state index contributed by atoms with van der Waals surface area (Å²) in [6.07, 6.45) is 0. The number of benzene rings is 4. The summed E-state index contributed by atoms with van der Waals surface area (Å²) in [5.74, 6) is 1.09. The van der Waals surface area contributed by atoms with E-state index in [2.05, 4.69) is 27.7 Å². The molecule has 0 saturated carbocycles. The molecular weight excluding hydrogens is 1520 g/mol. The van der Waals surface area contributed by atoms with Gasteiger partial charge in [-0.25, -0.2) is 0 Å². The molecule has 4 aromatic rings. The summed E-state index contributed by atoms with van der Waals surface area (Å²) in [5.41, 5.74) is 4.20. The molecule has 0 unspecified atom stereocenters. The van der Waals surface area contributed by atoms with Gasteiger partial charge in [-0.3, -0.25) is 0 Å². The van der Waals surface area contributed by atoms with Crippen molar-refractivity contribution in [3.63, 3.8) is 0 Å². The van der Waals surface area contributed by atoms with Crippen LogP contribution in [-0.4, -0.2) is 20.4 Å². The molecule has 4 N–H and O–H groups in total. The third kappa shape index (κ3) is 34.0. The van der Waals surface area contributed by atoms with Gasteiger partial charge in [0.25, 0.3) is 0 Å². The zero-order valence-electron chi connectivity index (χ0n) is 27.9. The van der Waals surface area contributed by atoms with E-state index in [1.54, 1.807) is 48.5 Å². The Bertz CT molecular complexity index is 1460. The van der Waals surface area contributed by atoms with Gasteiger partial charge in [0.05, 0.1) is 0 Å². The van der Waals surface area contributed by atoms with E-state index in [9.17, 15) is 20.4 Å². The Labute approximate surface area is 373 Å². The molecule has 0 aliphatic carbocycles. The minimum absolute atomic E-state index is 0. The fourth-order valence-electron chi connectivity index (χ4n) is 3.85. The van der Waals surface area contributed by atoms with E-state index in [-0.39, 0.29) is 41.3 Å². The van der Waals surface area contributed by atoms with Gasteiger partial charge in [-0.2, -0.15) is 0 Å². The van der Waals surface area contributed by atoms with Gasteiger partial charge in [0.1, 0.15) is 23.0 Å². The van der Waals surface area contributed by atoms with Gasteiger partial charge < -0.3 is 27.9 Å². The van der Waals surface area contributed by atoms with Crippen molar-refractivity contribution in [1.82, 2.24) is 0 Å². The maximum atomic E-state index is 9.30. The van der Waals surface area contributed by atoms with Crippen molar-refractivity contribution in [2.75, 3.05) is 0 Å². The molecule has 22 heteroatoms. The summed E-state index contributed by atoms with van der Waals surface area (Å²) in [6.45, 7) is 8.47. The topological polar surface area (TPSA) is 80.9 Å². The molecular formula is C31H35Cl15O4W3-. The fourth-order valence-corrected chi connectivity index (χ4v) is 3.85. The number of hydrogen-bond acceptors (Lipinski definition) is 4. The van der Waals surface area contributed by atoms with Crippen LogP contribution in [0.15, 0.2) is 97.1 Å². The second-order valence-corrected chi connectivity index (χ2v) is 143. The van der Waals surface area contributed by atoms with E-state index < -0.39 is 28.8 Å². The summed E-state index contributed by atoms with van der Waals surface area (Å²) in [5, 5.41) is 37.2. The van der Waals surface area contributed by atoms with Gasteiger partial charge in [-0.1, -0.05) is 76.2 Å². The maximum absolute atomic E-state index is 9.30. The Morgan fingerprint density at radius 3 is 0.604 bits per heavy atom. The van der Waals surface area contributed by atoms with Crippen LogP contribution in [0.5, 0.6) is 23.0 Å². The van der Waals surface area contributed by atoms with Gasteiger partial charge in [-0.05, 0) is 70.8 Å². The van der Waals surface area contributed by atoms with Crippen LogP contribution in [-0.2, 0) is 39.6 Å². The van der Waals surface area contributed by atoms with Crippen molar-refractivity contribution in [1.29, 1.82) is 0 Å². The number of halogens is 15. The van der Waals surface area contributed by atoms with Crippen molar-refractivity contribution in [2.45, 2.75) is 38.5 Å². The summed E-state index contributed by atoms with van der Waals surface area (Å²) in [7, 11) is 66.0. The molecule has 4 rings (SSSR count). The molecule has 0 aliphatic heterocycles. The van der Waals surface area contributed by atoms with Crippen LogP contribution in [0.2, 0.25) is 0 Å². The molecule has 0 atom stereocenters. The Kier molecular flexibility index (Phi) is 23.2. The number of phenolic OH excluding ortho intramolecular Hbond substituents is 4. The second-order valence-electron chi connectivity index (χ2n) is 11.2. The Hall–Kier alpha value is 2.49. The van der Waals surface area contributed by atoms with E-state index in [1.807, 2.05) is 48.5 Å². The first kappa shape index (κ1) is 57.6. The SMILES string of the molecule is CC(C)(c1ccc(O)cc1)c1ccc(O)cc1.CC(C)(c1ccc(O)cc1)c1ccc(O)cc1.[CH3-].[Cl][W]([Cl])([Cl])([Cl])([Cl])[Cl].[Cl][W]([Cl])([Cl])([Cl])[Cl].[Cl][W]([Cl])([Cl])[Cl]. The molecule has 307 valence electrons. The molecule has 4 nitrogen and oxygen atoms in total. The minimum atomic E-state index is -5.47. The van der Waals surface area contributed by atoms with Crippen molar-refractivity contribution in [3.05, 3.63) is 127 Å². The predicted octanol–water partition coefficient (Wildman–Crippen LogP) is 17.6. The summed E-state index contributed by atoms with van der Waals surface area (Å²) in [4.78, 5) is 0. The Morgan fingerprint density at radius 2 is 0.509 bits per heavy atom. The first-order valence-corrected chi connectivity index (χ1v) is 68.0. The average Bonchev–Trinajstić information content (AvgIpc) is 2.90. The van der Waals surface area contributed by atoms with Crippen LogP contribution in [0.4, 0.5) is 0 Å². The van der Waals surface area contributed by atoms with E-state index in [1.165, 1.54) is 0 Å². The fraction of sp³-hybridized carbons (Fsp3) is 0.194. The van der Waals surface area contributed by atoms with Crippen LogP contribution in [0.3, 0.4) is 0 Å². The second kappa shape index (κ2) is 21.3. The van der Waals surface area contributed by atoms with Crippen LogP contribution >= 0.6 is 141 Å². The summed E-state index contributed by atoms with van der Waals surface area (Å²) < 4.78 is 0. The van der Waals surface area contributed by atoms with E-state index in [4.69, 9.17) is 141 Å².